The van der Waals surface area contributed by atoms with Crippen LogP contribution in [0.1, 0.15) is 10.4 Å². The molecule has 0 radical (unpaired) electrons. The number of benzene rings is 2. The van der Waals surface area contributed by atoms with E-state index in [9.17, 15) is 14.9 Å². The lowest BCUT2D eigenvalue weighted by Crippen LogP contribution is -2.01. The van der Waals surface area contributed by atoms with E-state index in [0.29, 0.717) is 0 Å². The molecule has 0 aromatic heterocycles. The van der Waals surface area contributed by atoms with Crippen molar-refractivity contribution in [2.45, 2.75) is 0 Å². The molecule has 2 rings (SSSR count). The fourth-order valence-electron chi connectivity index (χ4n) is 1.58. The van der Waals surface area contributed by atoms with E-state index in [2.05, 4.69) is 0 Å². The van der Waals surface area contributed by atoms with Crippen molar-refractivity contribution in [3.63, 3.8) is 0 Å². The molecule has 0 heterocycles. The van der Waals surface area contributed by atoms with Gasteiger partial charge in [0.05, 0.1) is 9.95 Å². The highest BCUT2D eigenvalue weighted by Gasteiger charge is 2.21. The number of hydrogen-bond acceptors (Lipinski definition) is 4. The van der Waals surface area contributed by atoms with E-state index in [4.69, 9.17) is 21.4 Å². The molecule has 0 bridgehead atoms. The second kappa shape index (κ2) is 5.58. The molecule has 2 aromatic carbocycles. The van der Waals surface area contributed by atoms with Crippen LogP contribution in [-0.2, 0) is 0 Å². The largest absolute Gasteiger partial charge is 0.478 e. The summed E-state index contributed by atoms with van der Waals surface area (Å²) in [6.45, 7) is 0. The van der Waals surface area contributed by atoms with E-state index in [1.54, 1.807) is 6.07 Å². The zero-order chi connectivity index (χ0) is 14.7. The summed E-state index contributed by atoms with van der Waals surface area (Å²) < 4.78 is 5.34. The average molecular weight is 294 g/mol. The zero-order valence-electron chi connectivity index (χ0n) is 9.95. The predicted octanol–water partition coefficient (Wildman–Crippen LogP) is 3.74. The Morgan fingerprint density at radius 2 is 1.90 bits per heavy atom. The number of hydrogen-bond donors (Lipinski definition) is 1. The third kappa shape index (κ3) is 2.70. The summed E-state index contributed by atoms with van der Waals surface area (Å²) in [6, 6.07) is 9.88. The van der Waals surface area contributed by atoms with Crippen LogP contribution in [0, 0.1) is 10.1 Å². The summed E-state index contributed by atoms with van der Waals surface area (Å²) in [5, 5.41) is 20.0. The van der Waals surface area contributed by atoms with E-state index in [1.165, 1.54) is 36.4 Å². The molecule has 0 aliphatic rings. The summed E-state index contributed by atoms with van der Waals surface area (Å²) >= 11 is 5.88. The highest BCUT2D eigenvalue weighted by molar-refractivity contribution is 6.32. The van der Waals surface area contributed by atoms with Crippen LogP contribution in [0.3, 0.4) is 0 Å². The Kier molecular flexibility index (Phi) is 3.86. The molecule has 0 aliphatic carbocycles. The molecule has 0 fully saturated rings. The highest BCUT2D eigenvalue weighted by Crippen LogP contribution is 2.38. The van der Waals surface area contributed by atoms with Gasteiger partial charge in [0.1, 0.15) is 11.3 Å². The number of carboxylic acid groups (broad SMARTS) is 1. The van der Waals surface area contributed by atoms with Crippen molar-refractivity contribution in [2.24, 2.45) is 0 Å². The van der Waals surface area contributed by atoms with Gasteiger partial charge in [-0.1, -0.05) is 29.8 Å². The number of para-hydroxylation sites is 2. The average Bonchev–Trinajstić information content (AvgIpc) is 2.41. The number of nitro benzene ring substituents is 1. The normalized spacial score (nSPS) is 10.1. The molecule has 20 heavy (non-hydrogen) atoms. The SMILES string of the molecule is O=C(O)c1ccccc1Oc1c(Cl)cccc1[N+](=O)[O-]. The molecule has 7 heteroatoms. The van der Waals surface area contributed by atoms with Gasteiger partial charge in [0.15, 0.2) is 0 Å². The Hall–Kier alpha value is -2.60. The van der Waals surface area contributed by atoms with Crippen LogP contribution in [-0.4, -0.2) is 16.0 Å². The van der Waals surface area contributed by atoms with Gasteiger partial charge in [0, 0.05) is 6.07 Å². The Balaban J connectivity index is 2.51. The van der Waals surface area contributed by atoms with Gasteiger partial charge in [-0.25, -0.2) is 4.79 Å². The van der Waals surface area contributed by atoms with E-state index < -0.39 is 10.9 Å². The lowest BCUT2D eigenvalue weighted by molar-refractivity contribution is -0.385. The minimum atomic E-state index is -1.20. The molecule has 0 saturated carbocycles. The molecule has 2 aromatic rings. The first-order valence-corrected chi connectivity index (χ1v) is 5.81. The van der Waals surface area contributed by atoms with E-state index in [0.717, 1.165) is 0 Å². The first-order chi connectivity index (χ1) is 9.50. The van der Waals surface area contributed by atoms with Gasteiger partial charge in [0.2, 0.25) is 5.75 Å². The Bertz CT molecular complexity index is 686. The van der Waals surface area contributed by atoms with Gasteiger partial charge in [-0.3, -0.25) is 10.1 Å². The van der Waals surface area contributed by atoms with Crippen molar-refractivity contribution in [1.82, 2.24) is 0 Å². The Labute approximate surface area is 118 Å². The lowest BCUT2D eigenvalue weighted by atomic mass is 10.2. The van der Waals surface area contributed by atoms with Crippen LogP contribution in [0.2, 0.25) is 5.02 Å². The van der Waals surface area contributed by atoms with Gasteiger partial charge >= 0.3 is 11.7 Å². The molecule has 0 amide bonds. The molecule has 1 N–H and O–H groups in total. The number of ether oxygens (including phenoxy) is 1. The molecule has 0 spiro atoms. The molecule has 0 aliphatic heterocycles. The summed E-state index contributed by atoms with van der Waals surface area (Å²) in [6.07, 6.45) is 0. The van der Waals surface area contributed by atoms with Crippen molar-refractivity contribution >= 4 is 23.3 Å². The predicted molar refractivity (Wildman–Crippen MR) is 71.6 cm³/mol. The second-order valence-electron chi connectivity index (χ2n) is 3.75. The first-order valence-electron chi connectivity index (χ1n) is 5.44. The van der Waals surface area contributed by atoms with E-state index in [-0.39, 0.29) is 27.8 Å². The number of carboxylic acids is 1. The Morgan fingerprint density at radius 3 is 2.55 bits per heavy atom. The molecular formula is C13H8ClNO5. The maximum atomic E-state index is 11.1. The highest BCUT2D eigenvalue weighted by atomic mass is 35.5. The molecular weight excluding hydrogens is 286 g/mol. The number of aromatic carboxylic acids is 1. The summed E-state index contributed by atoms with van der Waals surface area (Å²) in [7, 11) is 0. The first kappa shape index (κ1) is 13.8. The van der Waals surface area contributed by atoms with Crippen molar-refractivity contribution < 1.29 is 19.6 Å². The molecule has 6 nitrogen and oxygen atoms in total. The number of carbonyl (C=O) groups is 1. The summed E-state index contributed by atoms with van der Waals surface area (Å²) in [5.41, 5.74) is -0.445. The smallest absolute Gasteiger partial charge is 0.339 e. The number of rotatable bonds is 4. The minimum Gasteiger partial charge on any atom is -0.478 e. The maximum Gasteiger partial charge on any atom is 0.339 e. The van der Waals surface area contributed by atoms with Crippen LogP contribution in [0.15, 0.2) is 42.5 Å². The quantitative estimate of drug-likeness (QED) is 0.685. The lowest BCUT2D eigenvalue weighted by Gasteiger charge is -2.10. The number of nitro groups is 1. The second-order valence-corrected chi connectivity index (χ2v) is 4.16. The monoisotopic (exact) mass is 293 g/mol. The van der Waals surface area contributed by atoms with Crippen molar-refractivity contribution in [3.8, 4) is 11.5 Å². The van der Waals surface area contributed by atoms with Gasteiger partial charge in [-0.2, -0.15) is 0 Å². The van der Waals surface area contributed by atoms with Gasteiger partial charge in [-0.15, -0.1) is 0 Å². The van der Waals surface area contributed by atoms with Crippen LogP contribution < -0.4 is 4.74 Å². The molecule has 102 valence electrons. The summed E-state index contributed by atoms with van der Waals surface area (Å²) in [5.74, 6) is -1.40. The molecule has 0 saturated heterocycles. The van der Waals surface area contributed by atoms with Gasteiger partial charge in [-0.05, 0) is 18.2 Å². The standard InChI is InChI=1S/C13H8ClNO5/c14-9-5-3-6-10(15(18)19)12(9)20-11-7-2-1-4-8(11)13(16)17/h1-7H,(H,16,17). The van der Waals surface area contributed by atoms with Crippen molar-refractivity contribution in [1.29, 1.82) is 0 Å². The van der Waals surface area contributed by atoms with E-state index >= 15 is 0 Å². The third-order valence-corrected chi connectivity index (χ3v) is 2.77. The molecule has 0 unspecified atom stereocenters. The topological polar surface area (TPSA) is 89.7 Å². The molecule has 0 atom stereocenters. The van der Waals surface area contributed by atoms with Crippen LogP contribution >= 0.6 is 11.6 Å². The van der Waals surface area contributed by atoms with Crippen LogP contribution in [0.5, 0.6) is 11.5 Å². The van der Waals surface area contributed by atoms with Crippen LogP contribution in [0.25, 0.3) is 0 Å². The van der Waals surface area contributed by atoms with Crippen molar-refractivity contribution in [2.75, 3.05) is 0 Å². The zero-order valence-corrected chi connectivity index (χ0v) is 10.7. The van der Waals surface area contributed by atoms with Gasteiger partial charge in [0.25, 0.3) is 0 Å². The summed E-state index contributed by atoms with van der Waals surface area (Å²) in [4.78, 5) is 21.4. The van der Waals surface area contributed by atoms with Crippen molar-refractivity contribution in [3.05, 3.63) is 63.2 Å². The number of nitrogens with zero attached hydrogens (tertiary/aromatic N) is 1. The van der Waals surface area contributed by atoms with Gasteiger partial charge < -0.3 is 9.84 Å². The number of halogens is 1. The minimum absolute atomic E-state index is 0.0174. The Morgan fingerprint density at radius 1 is 1.20 bits per heavy atom. The maximum absolute atomic E-state index is 11.1. The van der Waals surface area contributed by atoms with E-state index in [1.807, 2.05) is 0 Å². The third-order valence-electron chi connectivity index (χ3n) is 2.47. The van der Waals surface area contributed by atoms with Crippen LogP contribution in [0.4, 0.5) is 5.69 Å². The fourth-order valence-corrected chi connectivity index (χ4v) is 1.79. The fraction of sp³-hybridized carbons (Fsp3) is 0.